The summed E-state index contributed by atoms with van der Waals surface area (Å²) in [7, 11) is 0. The third-order valence-corrected chi connectivity index (χ3v) is 1.71. The van der Waals surface area contributed by atoms with Crippen molar-refractivity contribution >= 4 is 17.3 Å². The van der Waals surface area contributed by atoms with Gasteiger partial charge >= 0.3 is 0 Å². The maximum absolute atomic E-state index is 5.79. The molecular formula is C9H12ClNO. The van der Waals surface area contributed by atoms with Crippen molar-refractivity contribution in [3.8, 4) is 5.75 Å². The van der Waals surface area contributed by atoms with E-state index in [1.807, 2.05) is 19.9 Å². The molecule has 0 amide bonds. The van der Waals surface area contributed by atoms with Crippen molar-refractivity contribution in [1.82, 2.24) is 0 Å². The lowest BCUT2D eigenvalue weighted by Gasteiger charge is -2.12. The summed E-state index contributed by atoms with van der Waals surface area (Å²) in [5.41, 5.74) is 6.18. The second kappa shape index (κ2) is 3.68. The van der Waals surface area contributed by atoms with Crippen LogP contribution in [0.4, 0.5) is 5.69 Å². The Morgan fingerprint density at radius 3 is 2.67 bits per heavy atom. The molecule has 3 heteroatoms. The van der Waals surface area contributed by atoms with E-state index >= 15 is 0 Å². The van der Waals surface area contributed by atoms with Gasteiger partial charge in [-0.3, -0.25) is 0 Å². The molecule has 2 nitrogen and oxygen atoms in total. The molecule has 0 aromatic heterocycles. The fourth-order valence-electron chi connectivity index (χ4n) is 0.874. The molecule has 0 spiro atoms. The van der Waals surface area contributed by atoms with Gasteiger partial charge in [-0.05, 0) is 26.0 Å². The monoisotopic (exact) mass is 185 g/mol. The van der Waals surface area contributed by atoms with Crippen molar-refractivity contribution in [3.05, 3.63) is 23.2 Å². The molecule has 66 valence electrons. The summed E-state index contributed by atoms with van der Waals surface area (Å²) in [4.78, 5) is 0. The molecule has 0 heterocycles. The molecule has 0 saturated carbocycles. The fraction of sp³-hybridized carbons (Fsp3) is 0.333. The van der Waals surface area contributed by atoms with Crippen LogP contribution < -0.4 is 10.5 Å². The molecule has 0 aliphatic rings. The molecule has 1 aromatic rings. The lowest BCUT2D eigenvalue weighted by Crippen LogP contribution is -2.07. The first kappa shape index (κ1) is 9.20. The van der Waals surface area contributed by atoms with Crippen LogP contribution in [-0.2, 0) is 0 Å². The maximum Gasteiger partial charge on any atom is 0.144 e. The van der Waals surface area contributed by atoms with Crippen molar-refractivity contribution < 1.29 is 4.74 Å². The van der Waals surface area contributed by atoms with Gasteiger partial charge < -0.3 is 10.5 Å². The molecule has 0 unspecified atom stereocenters. The molecule has 0 fully saturated rings. The number of rotatable bonds is 2. The van der Waals surface area contributed by atoms with E-state index in [9.17, 15) is 0 Å². The first-order valence-corrected chi connectivity index (χ1v) is 4.19. The van der Waals surface area contributed by atoms with Crippen molar-refractivity contribution in [2.24, 2.45) is 0 Å². The van der Waals surface area contributed by atoms with Gasteiger partial charge in [0.15, 0.2) is 0 Å². The molecule has 0 radical (unpaired) electrons. The number of nitrogens with two attached hydrogens (primary N) is 1. The quantitative estimate of drug-likeness (QED) is 0.720. The lowest BCUT2D eigenvalue weighted by molar-refractivity contribution is 0.244. The normalized spacial score (nSPS) is 10.3. The Morgan fingerprint density at radius 1 is 1.42 bits per heavy atom. The highest BCUT2D eigenvalue weighted by Crippen LogP contribution is 2.29. The second-order valence-electron chi connectivity index (χ2n) is 2.82. The largest absolute Gasteiger partial charge is 0.489 e. The third-order valence-electron chi connectivity index (χ3n) is 1.38. The van der Waals surface area contributed by atoms with Gasteiger partial charge in [0, 0.05) is 0 Å². The van der Waals surface area contributed by atoms with E-state index in [4.69, 9.17) is 22.1 Å². The summed E-state index contributed by atoms with van der Waals surface area (Å²) in [5.74, 6) is 0.650. The molecule has 0 bridgehead atoms. The minimum absolute atomic E-state index is 0.116. The van der Waals surface area contributed by atoms with Gasteiger partial charge in [-0.2, -0.15) is 0 Å². The standard InChI is InChI=1S/C9H12ClNO/c1-6(2)12-8-5-3-4-7(10)9(8)11/h3-6H,11H2,1-2H3. The van der Waals surface area contributed by atoms with Crippen LogP contribution in [0.1, 0.15) is 13.8 Å². The van der Waals surface area contributed by atoms with Gasteiger partial charge in [-0.15, -0.1) is 0 Å². The Balaban J connectivity index is 2.92. The van der Waals surface area contributed by atoms with Gasteiger partial charge in [0.2, 0.25) is 0 Å². The van der Waals surface area contributed by atoms with Crippen LogP contribution >= 0.6 is 11.6 Å². The Kier molecular flexibility index (Phi) is 2.82. The Morgan fingerprint density at radius 2 is 2.08 bits per heavy atom. The van der Waals surface area contributed by atoms with Crippen LogP contribution in [-0.4, -0.2) is 6.10 Å². The highest BCUT2D eigenvalue weighted by Gasteiger charge is 2.04. The van der Waals surface area contributed by atoms with Crippen LogP contribution in [0, 0.1) is 0 Å². The molecule has 1 rings (SSSR count). The second-order valence-corrected chi connectivity index (χ2v) is 3.23. The summed E-state index contributed by atoms with van der Waals surface area (Å²) in [5, 5.41) is 0.535. The van der Waals surface area contributed by atoms with Gasteiger partial charge in [-0.25, -0.2) is 0 Å². The van der Waals surface area contributed by atoms with Crippen LogP contribution in [0.2, 0.25) is 5.02 Å². The Bertz CT molecular complexity index is 273. The highest BCUT2D eigenvalue weighted by molar-refractivity contribution is 6.33. The number of nitrogen functional groups attached to an aromatic ring is 1. The van der Waals surface area contributed by atoms with E-state index in [0.717, 1.165) is 0 Å². The van der Waals surface area contributed by atoms with E-state index in [-0.39, 0.29) is 6.10 Å². The predicted molar refractivity (Wildman–Crippen MR) is 51.6 cm³/mol. The number of anilines is 1. The van der Waals surface area contributed by atoms with Gasteiger partial charge in [-0.1, -0.05) is 17.7 Å². The third kappa shape index (κ3) is 2.05. The maximum atomic E-state index is 5.79. The van der Waals surface area contributed by atoms with Crippen LogP contribution in [0.5, 0.6) is 5.75 Å². The molecule has 0 saturated heterocycles. The van der Waals surface area contributed by atoms with Crippen molar-refractivity contribution in [2.75, 3.05) is 5.73 Å². The molecule has 2 N–H and O–H groups in total. The molecule has 0 aliphatic carbocycles. The Labute approximate surface area is 77.3 Å². The van der Waals surface area contributed by atoms with Crippen molar-refractivity contribution in [2.45, 2.75) is 20.0 Å². The lowest BCUT2D eigenvalue weighted by atomic mass is 10.3. The number of halogens is 1. The van der Waals surface area contributed by atoms with Crippen LogP contribution in [0.25, 0.3) is 0 Å². The van der Waals surface area contributed by atoms with E-state index in [2.05, 4.69) is 0 Å². The van der Waals surface area contributed by atoms with Gasteiger partial charge in [0.1, 0.15) is 5.75 Å². The number of ether oxygens (including phenoxy) is 1. The summed E-state index contributed by atoms with van der Waals surface area (Å²) >= 11 is 5.79. The average molecular weight is 186 g/mol. The van der Waals surface area contributed by atoms with E-state index in [0.29, 0.717) is 16.5 Å². The number of hydrogen-bond acceptors (Lipinski definition) is 2. The highest BCUT2D eigenvalue weighted by atomic mass is 35.5. The zero-order valence-corrected chi connectivity index (χ0v) is 7.93. The SMILES string of the molecule is CC(C)Oc1cccc(Cl)c1N. The number of para-hydroxylation sites is 1. The summed E-state index contributed by atoms with van der Waals surface area (Å²) in [6.45, 7) is 3.89. The molecule has 0 aliphatic heterocycles. The van der Waals surface area contributed by atoms with Crippen molar-refractivity contribution in [1.29, 1.82) is 0 Å². The van der Waals surface area contributed by atoms with Crippen LogP contribution in [0.3, 0.4) is 0 Å². The summed E-state index contributed by atoms with van der Waals surface area (Å²) in [6.07, 6.45) is 0.116. The zero-order chi connectivity index (χ0) is 9.14. The first-order chi connectivity index (χ1) is 5.61. The average Bonchev–Trinajstić information content (AvgIpc) is 1.98. The molecule has 12 heavy (non-hydrogen) atoms. The molecule has 0 atom stereocenters. The number of benzene rings is 1. The number of hydrogen-bond donors (Lipinski definition) is 1. The van der Waals surface area contributed by atoms with E-state index < -0.39 is 0 Å². The van der Waals surface area contributed by atoms with E-state index in [1.165, 1.54) is 0 Å². The predicted octanol–water partition coefficient (Wildman–Crippen LogP) is 2.71. The first-order valence-electron chi connectivity index (χ1n) is 3.82. The van der Waals surface area contributed by atoms with Gasteiger partial charge in [0.25, 0.3) is 0 Å². The van der Waals surface area contributed by atoms with Gasteiger partial charge in [0.05, 0.1) is 16.8 Å². The topological polar surface area (TPSA) is 35.2 Å². The van der Waals surface area contributed by atoms with Crippen molar-refractivity contribution in [3.63, 3.8) is 0 Å². The minimum atomic E-state index is 0.116. The minimum Gasteiger partial charge on any atom is -0.489 e. The van der Waals surface area contributed by atoms with E-state index in [1.54, 1.807) is 12.1 Å². The zero-order valence-electron chi connectivity index (χ0n) is 7.17. The fourth-order valence-corrected chi connectivity index (χ4v) is 1.04. The summed E-state index contributed by atoms with van der Waals surface area (Å²) < 4.78 is 5.42. The summed E-state index contributed by atoms with van der Waals surface area (Å²) in [6, 6.07) is 5.36. The Hall–Kier alpha value is -0.890. The molecule has 1 aromatic carbocycles. The van der Waals surface area contributed by atoms with Crippen LogP contribution in [0.15, 0.2) is 18.2 Å². The molecular weight excluding hydrogens is 174 g/mol. The smallest absolute Gasteiger partial charge is 0.144 e.